The molecule has 2 nitrogen and oxygen atoms in total. The minimum Gasteiger partial charge on any atom is -0.321 e. The van der Waals surface area contributed by atoms with Crippen LogP contribution < -0.4 is 5.32 Å². The molecule has 0 unspecified atom stereocenters. The molecule has 2 rings (SSSR count). The molecule has 19 heavy (non-hydrogen) atoms. The molecule has 0 heterocycles. The van der Waals surface area contributed by atoms with Crippen LogP contribution in [0.1, 0.15) is 10.4 Å². The summed E-state index contributed by atoms with van der Waals surface area (Å²) in [6, 6.07) is 13.5. The molecule has 0 saturated carbocycles. The molecule has 0 radical (unpaired) electrons. The number of anilines is 1. The molecular weight excluding hydrogens is 437 g/mol. The van der Waals surface area contributed by atoms with Gasteiger partial charge in [0.15, 0.2) is 0 Å². The molecule has 0 aromatic heterocycles. The van der Waals surface area contributed by atoms with Crippen LogP contribution in [0.15, 0.2) is 51.8 Å². The SMILES string of the molecule is CSc1ccccc1NC(=O)c1cc(I)ccc1Br. The average Bonchev–Trinajstić information content (AvgIpc) is 2.42. The van der Waals surface area contributed by atoms with Gasteiger partial charge in [-0.3, -0.25) is 4.79 Å². The van der Waals surface area contributed by atoms with Crippen molar-refractivity contribution in [2.24, 2.45) is 0 Å². The van der Waals surface area contributed by atoms with E-state index in [1.165, 1.54) is 0 Å². The van der Waals surface area contributed by atoms with Gasteiger partial charge in [0.2, 0.25) is 0 Å². The summed E-state index contributed by atoms with van der Waals surface area (Å²) in [6.45, 7) is 0. The topological polar surface area (TPSA) is 29.1 Å². The van der Waals surface area contributed by atoms with Crippen LogP contribution in [0.25, 0.3) is 0 Å². The lowest BCUT2D eigenvalue weighted by Crippen LogP contribution is -2.13. The van der Waals surface area contributed by atoms with Crippen molar-refractivity contribution in [1.82, 2.24) is 0 Å². The van der Waals surface area contributed by atoms with Crippen LogP contribution in [0.4, 0.5) is 5.69 Å². The van der Waals surface area contributed by atoms with E-state index >= 15 is 0 Å². The fraction of sp³-hybridized carbons (Fsp3) is 0.0714. The van der Waals surface area contributed by atoms with Crippen LogP contribution >= 0.6 is 50.3 Å². The van der Waals surface area contributed by atoms with Crippen molar-refractivity contribution in [3.05, 3.63) is 56.1 Å². The number of carbonyl (C=O) groups excluding carboxylic acids is 1. The van der Waals surface area contributed by atoms with Crippen molar-refractivity contribution in [2.75, 3.05) is 11.6 Å². The molecule has 1 amide bonds. The zero-order chi connectivity index (χ0) is 13.8. The number of thioether (sulfide) groups is 1. The maximum absolute atomic E-state index is 12.3. The van der Waals surface area contributed by atoms with Crippen LogP contribution in [0.2, 0.25) is 0 Å². The zero-order valence-corrected chi connectivity index (χ0v) is 14.7. The largest absolute Gasteiger partial charge is 0.321 e. The van der Waals surface area contributed by atoms with E-state index in [0.29, 0.717) is 5.56 Å². The van der Waals surface area contributed by atoms with Crippen LogP contribution in [0, 0.1) is 3.57 Å². The van der Waals surface area contributed by atoms with Gasteiger partial charge >= 0.3 is 0 Å². The number of halogens is 2. The highest BCUT2D eigenvalue weighted by Crippen LogP contribution is 2.26. The minimum absolute atomic E-state index is 0.105. The fourth-order valence-electron chi connectivity index (χ4n) is 1.61. The van der Waals surface area contributed by atoms with Crippen molar-refractivity contribution in [2.45, 2.75) is 4.90 Å². The van der Waals surface area contributed by atoms with Gasteiger partial charge < -0.3 is 5.32 Å². The van der Waals surface area contributed by atoms with Crippen LogP contribution in [-0.2, 0) is 0 Å². The number of carbonyl (C=O) groups is 1. The molecule has 0 fully saturated rings. The lowest BCUT2D eigenvalue weighted by Gasteiger charge is -2.10. The van der Waals surface area contributed by atoms with E-state index < -0.39 is 0 Å². The molecule has 0 atom stereocenters. The molecular formula is C14H11BrINOS. The van der Waals surface area contributed by atoms with E-state index in [1.54, 1.807) is 11.8 Å². The summed E-state index contributed by atoms with van der Waals surface area (Å²) in [7, 11) is 0. The van der Waals surface area contributed by atoms with Gasteiger partial charge in [-0.1, -0.05) is 12.1 Å². The van der Waals surface area contributed by atoms with E-state index in [4.69, 9.17) is 0 Å². The number of para-hydroxylation sites is 1. The van der Waals surface area contributed by atoms with Gasteiger partial charge in [-0.25, -0.2) is 0 Å². The van der Waals surface area contributed by atoms with Crippen molar-refractivity contribution in [3.8, 4) is 0 Å². The van der Waals surface area contributed by atoms with Crippen molar-refractivity contribution >= 4 is 61.9 Å². The van der Waals surface area contributed by atoms with E-state index in [0.717, 1.165) is 18.6 Å². The van der Waals surface area contributed by atoms with Crippen molar-refractivity contribution in [1.29, 1.82) is 0 Å². The summed E-state index contributed by atoms with van der Waals surface area (Å²) in [5.41, 5.74) is 1.48. The summed E-state index contributed by atoms with van der Waals surface area (Å²) in [5, 5.41) is 2.95. The molecule has 2 aromatic carbocycles. The quantitative estimate of drug-likeness (QED) is 0.528. The van der Waals surface area contributed by atoms with E-state index in [-0.39, 0.29) is 5.91 Å². The third kappa shape index (κ3) is 3.73. The number of hydrogen-bond acceptors (Lipinski definition) is 2. The molecule has 0 aliphatic heterocycles. The first-order valence-electron chi connectivity index (χ1n) is 5.51. The molecule has 0 spiro atoms. The van der Waals surface area contributed by atoms with Crippen molar-refractivity contribution in [3.63, 3.8) is 0 Å². The maximum Gasteiger partial charge on any atom is 0.256 e. The second kappa shape index (κ2) is 6.76. The Morgan fingerprint density at radius 1 is 1.26 bits per heavy atom. The first kappa shape index (κ1) is 14.9. The number of nitrogens with one attached hydrogen (secondary N) is 1. The van der Waals surface area contributed by atoms with Gasteiger partial charge in [-0.05, 0) is 75.1 Å². The third-order valence-corrected chi connectivity index (χ3v) is 4.69. The Labute approximate surface area is 138 Å². The summed E-state index contributed by atoms with van der Waals surface area (Å²) < 4.78 is 1.83. The van der Waals surface area contributed by atoms with Gasteiger partial charge in [0.1, 0.15) is 0 Å². The molecule has 0 aliphatic carbocycles. The Morgan fingerprint density at radius 3 is 2.74 bits per heavy atom. The fourth-order valence-corrected chi connectivity index (χ4v) is 3.08. The summed E-state index contributed by atoms with van der Waals surface area (Å²) in [5.74, 6) is -0.105. The second-order valence-corrected chi connectivity index (χ2v) is 6.73. The highest BCUT2D eigenvalue weighted by Gasteiger charge is 2.12. The lowest BCUT2D eigenvalue weighted by atomic mass is 10.2. The highest BCUT2D eigenvalue weighted by atomic mass is 127. The first-order valence-corrected chi connectivity index (χ1v) is 8.61. The minimum atomic E-state index is -0.105. The molecule has 0 aliphatic rings. The Balaban J connectivity index is 2.28. The van der Waals surface area contributed by atoms with E-state index in [2.05, 4.69) is 43.8 Å². The predicted octanol–water partition coefficient (Wildman–Crippen LogP) is 5.03. The smallest absolute Gasteiger partial charge is 0.256 e. The maximum atomic E-state index is 12.3. The highest BCUT2D eigenvalue weighted by molar-refractivity contribution is 14.1. The third-order valence-electron chi connectivity index (χ3n) is 2.53. The normalized spacial score (nSPS) is 10.3. The molecule has 5 heteroatoms. The molecule has 0 bridgehead atoms. The standard InChI is InChI=1S/C14H11BrINOS/c1-19-13-5-3-2-4-12(13)17-14(18)10-8-9(16)6-7-11(10)15/h2-8H,1H3,(H,17,18). The van der Waals surface area contributed by atoms with Gasteiger partial charge in [0.25, 0.3) is 5.91 Å². The second-order valence-electron chi connectivity index (χ2n) is 3.78. The number of hydrogen-bond donors (Lipinski definition) is 1. The summed E-state index contributed by atoms with van der Waals surface area (Å²) >= 11 is 7.22. The first-order chi connectivity index (χ1) is 9.11. The summed E-state index contributed by atoms with van der Waals surface area (Å²) in [6.07, 6.45) is 1.99. The Kier molecular flexibility index (Phi) is 5.29. The van der Waals surface area contributed by atoms with Crippen LogP contribution in [-0.4, -0.2) is 12.2 Å². The van der Waals surface area contributed by atoms with Gasteiger partial charge in [-0.2, -0.15) is 0 Å². The number of amides is 1. The molecule has 1 N–H and O–H groups in total. The van der Waals surface area contributed by atoms with Crippen LogP contribution in [0.5, 0.6) is 0 Å². The zero-order valence-electron chi connectivity index (χ0n) is 10.1. The molecule has 0 saturated heterocycles. The van der Waals surface area contributed by atoms with E-state index in [1.807, 2.05) is 48.7 Å². The van der Waals surface area contributed by atoms with E-state index in [9.17, 15) is 4.79 Å². The summed E-state index contributed by atoms with van der Waals surface area (Å²) in [4.78, 5) is 13.4. The van der Waals surface area contributed by atoms with Crippen LogP contribution in [0.3, 0.4) is 0 Å². The Morgan fingerprint density at radius 2 is 2.00 bits per heavy atom. The Bertz CT molecular complexity index is 618. The Hall–Kier alpha value is -0.530. The van der Waals surface area contributed by atoms with Gasteiger partial charge in [0, 0.05) is 12.9 Å². The molecule has 2 aromatic rings. The predicted molar refractivity (Wildman–Crippen MR) is 93.0 cm³/mol. The number of rotatable bonds is 3. The lowest BCUT2D eigenvalue weighted by molar-refractivity contribution is 0.102. The molecule has 98 valence electrons. The number of benzene rings is 2. The van der Waals surface area contributed by atoms with Crippen molar-refractivity contribution < 1.29 is 4.79 Å². The average molecular weight is 448 g/mol. The van der Waals surface area contributed by atoms with Gasteiger partial charge in [-0.15, -0.1) is 11.8 Å². The van der Waals surface area contributed by atoms with Gasteiger partial charge in [0.05, 0.1) is 11.3 Å². The monoisotopic (exact) mass is 447 g/mol.